The topological polar surface area (TPSA) is 42.2 Å². The molecule has 0 unspecified atom stereocenters. The fraction of sp³-hybridized carbons (Fsp3) is 0.353. The van der Waals surface area contributed by atoms with Gasteiger partial charge < -0.3 is 9.73 Å². The number of benzene rings is 1. The van der Waals surface area contributed by atoms with Crippen LogP contribution in [0.25, 0.3) is 0 Å². The maximum Gasteiger partial charge on any atom is 0.220 e. The minimum atomic E-state index is 0.00876. The molecule has 0 atom stereocenters. The Morgan fingerprint density at radius 3 is 2.60 bits per heavy atom. The molecule has 3 rings (SSSR count). The van der Waals surface area contributed by atoms with Gasteiger partial charge in [0.15, 0.2) is 0 Å². The lowest BCUT2D eigenvalue weighted by atomic mass is 10.0. The Kier molecular flexibility index (Phi) is 3.59. The van der Waals surface area contributed by atoms with Crippen molar-refractivity contribution in [3.8, 4) is 0 Å². The molecule has 1 N–H and O–H groups in total. The fourth-order valence-electron chi connectivity index (χ4n) is 2.53. The summed E-state index contributed by atoms with van der Waals surface area (Å²) in [6.07, 6.45) is 7.71. The highest BCUT2D eigenvalue weighted by Crippen LogP contribution is 2.38. The van der Waals surface area contributed by atoms with E-state index in [4.69, 9.17) is 4.42 Å². The molecular formula is C17H19NO2. The van der Waals surface area contributed by atoms with Crippen LogP contribution in [0.15, 0.2) is 53.3 Å². The van der Waals surface area contributed by atoms with Crippen molar-refractivity contribution in [2.24, 2.45) is 0 Å². The molecule has 1 saturated carbocycles. The van der Waals surface area contributed by atoms with Crippen LogP contribution < -0.4 is 5.32 Å². The van der Waals surface area contributed by atoms with E-state index in [0.29, 0.717) is 6.42 Å². The van der Waals surface area contributed by atoms with E-state index in [0.717, 1.165) is 31.2 Å². The number of amides is 1. The second-order valence-corrected chi connectivity index (χ2v) is 5.62. The molecule has 1 amide bonds. The molecule has 3 heteroatoms. The zero-order chi connectivity index (χ0) is 13.8. The van der Waals surface area contributed by atoms with Crippen LogP contribution in [-0.2, 0) is 17.6 Å². The normalized spacial score (nSPS) is 15.8. The van der Waals surface area contributed by atoms with E-state index in [-0.39, 0.29) is 11.4 Å². The van der Waals surface area contributed by atoms with E-state index < -0.39 is 0 Å². The van der Waals surface area contributed by atoms with Crippen LogP contribution in [0.4, 0.5) is 0 Å². The lowest BCUT2D eigenvalue weighted by Gasteiger charge is -2.17. The summed E-state index contributed by atoms with van der Waals surface area (Å²) in [5, 5.41) is 3.21. The monoisotopic (exact) mass is 269 g/mol. The van der Waals surface area contributed by atoms with Gasteiger partial charge in [-0.15, -0.1) is 0 Å². The molecule has 1 aromatic carbocycles. The Hall–Kier alpha value is -2.03. The van der Waals surface area contributed by atoms with Crippen molar-refractivity contribution >= 4 is 5.91 Å². The third kappa shape index (κ3) is 3.29. The molecule has 1 heterocycles. The van der Waals surface area contributed by atoms with Gasteiger partial charge in [0, 0.05) is 12.0 Å². The summed E-state index contributed by atoms with van der Waals surface area (Å²) in [4.78, 5) is 12.0. The molecular weight excluding hydrogens is 250 g/mol. The van der Waals surface area contributed by atoms with Crippen LogP contribution in [0.2, 0.25) is 0 Å². The minimum Gasteiger partial charge on any atom is -0.472 e. The molecule has 104 valence electrons. The number of carbonyl (C=O) groups excluding carboxylic acids is 1. The van der Waals surface area contributed by atoms with Crippen molar-refractivity contribution in [1.82, 2.24) is 5.32 Å². The third-order valence-electron chi connectivity index (χ3n) is 3.86. The molecule has 20 heavy (non-hydrogen) atoms. The lowest BCUT2D eigenvalue weighted by Crippen LogP contribution is -2.38. The van der Waals surface area contributed by atoms with Gasteiger partial charge in [-0.1, -0.05) is 30.3 Å². The van der Waals surface area contributed by atoms with Crippen molar-refractivity contribution < 1.29 is 9.21 Å². The molecule has 0 radical (unpaired) electrons. The first-order valence-corrected chi connectivity index (χ1v) is 7.12. The molecule has 1 fully saturated rings. The first-order chi connectivity index (χ1) is 9.76. The van der Waals surface area contributed by atoms with Crippen LogP contribution in [0.5, 0.6) is 0 Å². The van der Waals surface area contributed by atoms with E-state index in [9.17, 15) is 4.79 Å². The highest BCUT2D eigenvalue weighted by molar-refractivity contribution is 5.77. The number of hydrogen-bond acceptors (Lipinski definition) is 2. The standard InChI is InChI=1S/C17H19NO2/c19-16(7-6-15-8-11-20-13-15)18-17(9-10-17)12-14-4-2-1-3-5-14/h1-5,8,11,13H,6-7,9-10,12H2,(H,18,19). The maximum absolute atomic E-state index is 12.0. The molecule has 2 aromatic rings. The van der Waals surface area contributed by atoms with Gasteiger partial charge in [-0.05, 0) is 42.9 Å². The summed E-state index contributed by atoms with van der Waals surface area (Å²) in [5.41, 5.74) is 2.38. The summed E-state index contributed by atoms with van der Waals surface area (Å²) in [6.45, 7) is 0. The van der Waals surface area contributed by atoms with Gasteiger partial charge >= 0.3 is 0 Å². The van der Waals surface area contributed by atoms with E-state index in [2.05, 4.69) is 17.4 Å². The summed E-state index contributed by atoms with van der Waals surface area (Å²) >= 11 is 0. The van der Waals surface area contributed by atoms with Gasteiger partial charge in [0.05, 0.1) is 12.5 Å². The van der Waals surface area contributed by atoms with Crippen molar-refractivity contribution in [2.45, 2.75) is 37.6 Å². The van der Waals surface area contributed by atoms with Crippen LogP contribution in [-0.4, -0.2) is 11.4 Å². The third-order valence-corrected chi connectivity index (χ3v) is 3.86. The van der Waals surface area contributed by atoms with E-state index in [1.54, 1.807) is 12.5 Å². The second kappa shape index (κ2) is 5.53. The predicted octanol–water partition coefficient (Wildman–Crippen LogP) is 3.10. The van der Waals surface area contributed by atoms with Crippen molar-refractivity contribution in [3.63, 3.8) is 0 Å². The fourth-order valence-corrected chi connectivity index (χ4v) is 2.53. The van der Waals surface area contributed by atoms with E-state index in [1.165, 1.54) is 5.56 Å². The Labute approximate surface area is 119 Å². The van der Waals surface area contributed by atoms with Crippen LogP contribution in [0.3, 0.4) is 0 Å². The van der Waals surface area contributed by atoms with Gasteiger partial charge in [0.25, 0.3) is 0 Å². The van der Waals surface area contributed by atoms with Crippen LogP contribution in [0, 0.1) is 0 Å². The zero-order valence-corrected chi connectivity index (χ0v) is 11.5. The summed E-state index contributed by atoms with van der Waals surface area (Å²) in [6, 6.07) is 12.3. The number of carbonyl (C=O) groups is 1. The number of nitrogens with one attached hydrogen (secondary N) is 1. The molecule has 0 aliphatic heterocycles. The lowest BCUT2D eigenvalue weighted by molar-refractivity contribution is -0.122. The van der Waals surface area contributed by atoms with Gasteiger partial charge in [-0.3, -0.25) is 4.79 Å². The quantitative estimate of drug-likeness (QED) is 0.875. The highest BCUT2D eigenvalue weighted by Gasteiger charge is 2.43. The first kappa shape index (κ1) is 13.0. The van der Waals surface area contributed by atoms with Gasteiger partial charge in [0.2, 0.25) is 5.91 Å². The average Bonchev–Trinajstić information content (AvgIpc) is 3.01. The summed E-state index contributed by atoms with van der Waals surface area (Å²) in [7, 11) is 0. The minimum absolute atomic E-state index is 0.00876. The molecule has 1 aliphatic carbocycles. The summed E-state index contributed by atoms with van der Waals surface area (Å²) in [5.74, 6) is 0.139. The Bertz CT molecular complexity index is 556. The van der Waals surface area contributed by atoms with Crippen molar-refractivity contribution in [1.29, 1.82) is 0 Å². The highest BCUT2D eigenvalue weighted by atomic mass is 16.3. The number of aryl methyl sites for hydroxylation is 1. The van der Waals surface area contributed by atoms with Gasteiger partial charge in [-0.2, -0.15) is 0 Å². The van der Waals surface area contributed by atoms with Crippen molar-refractivity contribution in [3.05, 3.63) is 60.1 Å². The second-order valence-electron chi connectivity index (χ2n) is 5.62. The molecule has 1 aromatic heterocycles. The van der Waals surface area contributed by atoms with Crippen LogP contribution >= 0.6 is 0 Å². The molecule has 0 saturated heterocycles. The smallest absolute Gasteiger partial charge is 0.220 e. The Morgan fingerprint density at radius 1 is 1.15 bits per heavy atom. The number of rotatable bonds is 6. The predicted molar refractivity (Wildman–Crippen MR) is 77.3 cm³/mol. The summed E-state index contributed by atoms with van der Waals surface area (Å²) < 4.78 is 5.01. The molecule has 0 spiro atoms. The van der Waals surface area contributed by atoms with Gasteiger partial charge in [-0.25, -0.2) is 0 Å². The molecule has 3 nitrogen and oxygen atoms in total. The largest absolute Gasteiger partial charge is 0.472 e. The van der Waals surface area contributed by atoms with Gasteiger partial charge in [0.1, 0.15) is 0 Å². The van der Waals surface area contributed by atoms with Crippen molar-refractivity contribution in [2.75, 3.05) is 0 Å². The first-order valence-electron chi connectivity index (χ1n) is 7.12. The van der Waals surface area contributed by atoms with E-state index >= 15 is 0 Å². The Morgan fingerprint density at radius 2 is 1.95 bits per heavy atom. The SMILES string of the molecule is O=C(CCc1ccoc1)NC1(Cc2ccccc2)CC1. The molecule has 1 aliphatic rings. The molecule has 0 bridgehead atoms. The number of furan rings is 1. The number of hydrogen-bond donors (Lipinski definition) is 1. The maximum atomic E-state index is 12.0. The van der Waals surface area contributed by atoms with Crippen LogP contribution in [0.1, 0.15) is 30.4 Å². The Balaban J connectivity index is 1.50. The zero-order valence-electron chi connectivity index (χ0n) is 11.5. The van der Waals surface area contributed by atoms with E-state index in [1.807, 2.05) is 24.3 Å². The average molecular weight is 269 g/mol.